The van der Waals surface area contributed by atoms with E-state index >= 15 is 0 Å². The number of Topliss-reactive ketones (excluding diaryl/α,β-unsaturated/α-hetero) is 1. The molecule has 7 nitrogen and oxygen atoms in total. The van der Waals surface area contributed by atoms with Gasteiger partial charge in [0.15, 0.2) is 6.10 Å². The number of anilines is 2. The van der Waals surface area contributed by atoms with E-state index in [0.717, 1.165) is 0 Å². The lowest BCUT2D eigenvalue weighted by Crippen LogP contribution is -2.29. The summed E-state index contributed by atoms with van der Waals surface area (Å²) in [6, 6.07) is 21.7. The van der Waals surface area contributed by atoms with Crippen LogP contribution in [-0.4, -0.2) is 36.7 Å². The van der Waals surface area contributed by atoms with Crippen LogP contribution in [0.1, 0.15) is 44.9 Å². The van der Waals surface area contributed by atoms with Crippen LogP contribution < -0.4 is 10.2 Å². The molecule has 0 aliphatic heterocycles. The molecule has 3 aromatic rings. The number of nitrogens with zero attached hydrogens (tertiary/aromatic N) is 1. The van der Waals surface area contributed by atoms with Crippen molar-refractivity contribution in [2.75, 3.05) is 17.3 Å². The summed E-state index contributed by atoms with van der Waals surface area (Å²) in [6.07, 6.45) is -1.07. The largest absolute Gasteiger partial charge is 0.451 e. The van der Waals surface area contributed by atoms with Gasteiger partial charge in [-0.3, -0.25) is 14.4 Å². The van der Waals surface area contributed by atoms with Gasteiger partial charge in [-0.1, -0.05) is 30.3 Å². The smallest absolute Gasteiger partial charge is 0.339 e. The molecule has 3 rings (SSSR count). The first-order chi connectivity index (χ1) is 15.8. The molecule has 1 atom stereocenters. The highest BCUT2D eigenvalue weighted by Gasteiger charge is 2.25. The lowest BCUT2D eigenvalue weighted by Gasteiger charge is -2.19. The predicted molar refractivity (Wildman–Crippen MR) is 126 cm³/mol. The Kier molecular flexibility index (Phi) is 7.35. The summed E-state index contributed by atoms with van der Waals surface area (Å²) in [7, 11) is 1.62. The third kappa shape index (κ3) is 5.71. The van der Waals surface area contributed by atoms with Gasteiger partial charge in [0, 0.05) is 30.9 Å². The van der Waals surface area contributed by atoms with E-state index in [1.807, 2.05) is 18.2 Å². The average molecular weight is 444 g/mol. The molecular formula is C26H24N2O5. The Labute approximate surface area is 192 Å². The zero-order valence-corrected chi connectivity index (χ0v) is 18.6. The molecule has 0 saturated heterocycles. The molecule has 0 saturated carbocycles. The van der Waals surface area contributed by atoms with Crippen molar-refractivity contribution in [3.05, 3.63) is 95.6 Å². The molecule has 0 fully saturated rings. The molecule has 0 spiro atoms. The molecule has 3 aromatic carbocycles. The van der Waals surface area contributed by atoms with Crippen LogP contribution in [0.3, 0.4) is 0 Å². The van der Waals surface area contributed by atoms with Crippen LogP contribution in [0.5, 0.6) is 0 Å². The van der Waals surface area contributed by atoms with Gasteiger partial charge >= 0.3 is 5.97 Å². The monoisotopic (exact) mass is 444 g/mol. The van der Waals surface area contributed by atoms with E-state index in [1.54, 1.807) is 61.6 Å². The molecule has 0 radical (unpaired) electrons. The molecular weight excluding hydrogens is 420 g/mol. The number of benzene rings is 3. The van der Waals surface area contributed by atoms with Crippen LogP contribution in [0, 0.1) is 0 Å². The summed E-state index contributed by atoms with van der Waals surface area (Å²) in [5.74, 6) is -1.76. The first-order valence-corrected chi connectivity index (χ1v) is 10.3. The normalized spacial score (nSPS) is 11.2. The van der Waals surface area contributed by atoms with Gasteiger partial charge in [-0.2, -0.15) is 0 Å². The fourth-order valence-corrected chi connectivity index (χ4v) is 3.23. The van der Waals surface area contributed by atoms with Gasteiger partial charge in [0.25, 0.3) is 5.91 Å². The van der Waals surface area contributed by atoms with Gasteiger partial charge in [0.1, 0.15) is 0 Å². The molecule has 168 valence electrons. The van der Waals surface area contributed by atoms with Crippen LogP contribution >= 0.6 is 0 Å². The zero-order chi connectivity index (χ0) is 24.0. The van der Waals surface area contributed by atoms with Crippen molar-refractivity contribution in [3.63, 3.8) is 0 Å². The SMILES string of the molecule is CC(=O)Nc1ccc(C(=O)C(C)OC(=O)c2ccccc2C(=O)N(C)c2ccccc2)cc1. The number of hydrogen-bond donors (Lipinski definition) is 1. The highest BCUT2D eigenvalue weighted by Crippen LogP contribution is 2.19. The van der Waals surface area contributed by atoms with E-state index in [2.05, 4.69) is 5.32 Å². The quantitative estimate of drug-likeness (QED) is 0.432. The molecule has 7 heteroatoms. The molecule has 0 aliphatic rings. The number of hydrogen-bond acceptors (Lipinski definition) is 5. The van der Waals surface area contributed by atoms with Crippen molar-refractivity contribution >= 4 is 34.9 Å². The maximum atomic E-state index is 13.0. The molecule has 2 amide bonds. The van der Waals surface area contributed by atoms with Gasteiger partial charge in [-0.25, -0.2) is 4.79 Å². The van der Waals surface area contributed by atoms with Crippen LogP contribution in [0.15, 0.2) is 78.9 Å². The van der Waals surface area contributed by atoms with E-state index in [0.29, 0.717) is 16.9 Å². The number of carbonyl (C=O) groups is 4. The third-order valence-corrected chi connectivity index (χ3v) is 4.97. The second-order valence-corrected chi connectivity index (χ2v) is 7.42. The zero-order valence-electron chi connectivity index (χ0n) is 18.6. The summed E-state index contributed by atoms with van der Waals surface area (Å²) in [4.78, 5) is 51.2. The number of para-hydroxylation sites is 1. The fraction of sp³-hybridized carbons (Fsp3) is 0.154. The van der Waals surface area contributed by atoms with Crippen LogP contribution in [0.25, 0.3) is 0 Å². The maximum Gasteiger partial charge on any atom is 0.339 e. The number of esters is 1. The highest BCUT2D eigenvalue weighted by atomic mass is 16.5. The summed E-state index contributed by atoms with van der Waals surface area (Å²) < 4.78 is 5.39. The average Bonchev–Trinajstić information content (AvgIpc) is 2.83. The van der Waals surface area contributed by atoms with Gasteiger partial charge in [-0.05, 0) is 55.5 Å². The first-order valence-electron chi connectivity index (χ1n) is 10.3. The molecule has 0 aromatic heterocycles. The van der Waals surface area contributed by atoms with Gasteiger partial charge in [0.05, 0.1) is 11.1 Å². The highest BCUT2D eigenvalue weighted by molar-refractivity contribution is 6.12. The Bertz CT molecular complexity index is 1170. The Morgan fingerprint density at radius 2 is 1.39 bits per heavy atom. The van der Waals surface area contributed by atoms with E-state index in [1.165, 1.54) is 24.8 Å². The first kappa shape index (κ1) is 23.4. The van der Waals surface area contributed by atoms with Crippen LogP contribution in [-0.2, 0) is 9.53 Å². The summed E-state index contributed by atoms with van der Waals surface area (Å²) in [5, 5.41) is 2.62. The van der Waals surface area contributed by atoms with Crippen molar-refractivity contribution in [1.82, 2.24) is 0 Å². The third-order valence-electron chi connectivity index (χ3n) is 4.97. The number of ether oxygens (including phenoxy) is 1. The summed E-state index contributed by atoms with van der Waals surface area (Å²) >= 11 is 0. The fourth-order valence-electron chi connectivity index (χ4n) is 3.23. The van der Waals surface area contributed by atoms with Gasteiger partial charge < -0.3 is 15.0 Å². The summed E-state index contributed by atoms with van der Waals surface area (Å²) in [6.45, 7) is 2.86. The van der Waals surface area contributed by atoms with Crippen molar-refractivity contribution in [1.29, 1.82) is 0 Å². The lowest BCUT2D eigenvalue weighted by atomic mass is 10.0. The number of nitrogens with one attached hydrogen (secondary N) is 1. The van der Waals surface area contributed by atoms with E-state index in [-0.39, 0.29) is 22.9 Å². The Morgan fingerprint density at radius 1 is 0.818 bits per heavy atom. The maximum absolute atomic E-state index is 13.0. The second-order valence-electron chi connectivity index (χ2n) is 7.42. The van der Waals surface area contributed by atoms with Crippen molar-refractivity contribution in [3.8, 4) is 0 Å². The van der Waals surface area contributed by atoms with Gasteiger partial charge in [0.2, 0.25) is 11.7 Å². The molecule has 1 N–H and O–H groups in total. The van der Waals surface area contributed by atoms with Crippen molar-refractivity contribution in [2.24, 2.45) is 0 Å². The number of ketones is 1. The number of amides is 2. The minimum absolute atomic E-state index is 0.0749. The van der Waals surface area contributed by atoms with E-state index in [9.17, 15) is 19.2 Å². The minimum atomic E-state index is -1.07. The van der Waals surface area contributed by atoms with E-state index < -0.39 is 17.9 Å². The topological polar surface area (TPSA) is 92.8 Å². The molecule has 0 aliphatic carbocycles. The van der Waals surface area contributed by atoms with Crippen molar-refractivity contribution in [2.45, 2.75) is 20.0 Å². The Morgan fingerprint density at radius 3 is 2.00 bits per heavy atom. The molecule has 0 bridgehead atoms. The minimum Gasteiger partial charge on any atom is -0.451 e. The Balaban J connectivity index is 1.74. The second kappa shape index (κ2) is 10.4. The standard InChI is InChI=1S/C26H24N2O5/c1-17(24(30)19-13-15-20(16-14-19)27-18(2)29)33-26(32)23-12-8-7-11-22(23)25(31)28(3)21-9-5-4-6-10-21/h4-17H,1-3H3,(H,27,29). The van der Waals surface area contributed by atoms with Crippen LogP contribution in [0.2, 0.25) is 0 Å². The Hall–Kier alpha value is -4.26. The molecule has 0 heterocycles. The van der Waals surface area contributed by atoms with Crippen molar-refractivity contribution < 1.29 is 23.9 Å². The predicted octanol–water partition coefficient (Wildman–Crippen LogP) is 4.35. The molecule has 33 heavy (non-hydrogen) atoms. The van der Waals surface area contributed by atoms with Crippen LogP contribution in [0.4, 0.5) is 11.4 Å². The van der Waals surface area contributed by atoms with Gasteiger partial charge in [-0.15, -0.1) is 0 Å². The summed E-state index contributed by atoms with van der Waals surface area (Å²) in [5.41, 5.74) is 1.81. The molecule has 1 unspecified atom stereocenters. The van der Waals surface area contributed by atoms with E-state index in [4.69, 9.17) is 4.74 Å². The number of carbonyl (C=O) groups excluding carboxylic acids is 4. The lowest BCUT2D eigenvalue weighted by molar-refractivity contribution is -0.114. The number of rotatable bonds is 7.